The lowest BCUT2D eigenvalue weighted by atomic mass is 10.2. The topological polar surface area (TPSA) is 32.3 Å². The SMILES string of the molecule is O=C(/C=C/c1ccccc1)N1CCCNCC1. The van der Waals surface area contributed by atoms with Crippen molar-refractivity contribution >= 4 is 12.0 Å². The lowest BCUT2D eigenvalue weighted by Crippen LogP contribution is -2.32. The summed E-state index contributed by atoms with van der Waals surface area (Å²) in [6.07, 6.45) is 4.58. The summed E-state index contributed by atoms with van der Waals surface area (Å²) in [5.41, 5.74) is 1.06. The number of hydrogen-bond acceptors (Lipinski definition) is 2. The molecule has 1 amide bonds. The molecule has 1 fully saturated rings. The molecule has 2 rings (SSSR count). The van der Waals surface area contributed by atoms with Gasteiger partial charge in [0.1, 0.15) is 0 Å². The average Bonchev–Trinajstić information content (AvgIpc) is 2.66. The van der Waals surface area contributed by atoms with Crippen molar-refractivity contribution in [1.82, 2.24) is 10.2 Å². The first-order valence-corrected chi connectivity index (χ1v) is 6.09. The third-order valence-electron chi connectivity index (χ3n) is 2.87. The van der Waals surface area contributed by atoms with Crippen LogP contribution in [0.2, 0.25) is 0 Å². The van der Waals surface area contributed by atoms with Crippen molar-refractivity contribution in [2.24, 2.45) is 0 Å². The fraction of sp³-hybridized carbons (Fsp3) is 0.357. The van der Waals surface area contributed by atoms with Gasteiger partial charge in [-0.25, -0.2) is 0 Å². The molecule has 0 saturated carbocycles. The van der Waals surface area contributed by atoms with Crippen LogP contribution in [0.5, 0.6) is 0 Å². The van der Waals surface area contributed by atoms with Crippen LogP contribution in [-0.4, -0.2) is 37.0 Å². The maximum absolute atomic E-state index is 11.9. The largest absolute Gasteiger partial charge is 0.338 e. The van der Waals surface area contributed by atoms with Gasteiger partial charge in [-0.15, -0.1) is 0 Å². The zero-order valence-corrected chi connectivity index (χ0v) is 9.93. The van der Waals surface area contributed by atoms with Gasteiger partial charge in [0.25, 0.3) is 0 Å². The third-order valence-corrected chi connectivity index (χ3v) is 2.87. The molecule has 0 aromatic heterocycles. The Hall–Kier alpha value is -1.61. The van der Waals surface area contributed by atoms with Gasteiger partial charge in [0, 0.05) is 25.7 Å². The zero-order valence-electron chi connectivity index (χ0n) is 9.93. The molecule has 90 valence electrons. The number of rotatable bonds is 2. The Morgan fingerprint density at radius 3 is 2.82 bits per heavy atom. The first-order chi connectivity index (χ1) is 8.36. The second-order valence-electron chi connectivity index (χ2n) is 4.17. The van der Waals surface area contributed by atoms with Gasteiger partial charge >= 0.3 is 0 Å². The maximum atomic E-state index is 11.9. The van der Waals surface area contributed by atoms with Crippen molar-refractivity contribution in [1.29, 1.82) is 0 Å². The number of hydrogen-bond donors (Lipinski definition) is 1. The Morgan fingerprint density at radius 2 is 2.00 bits per heavy atom. The van der Waals surface area contributed by atoms with Crippen LogP contribution in [0.25, 0.3) is 6.08 Å². The van der Waals surface area contributed by atoms with E-state index in [1.165, 1.54) is 0 Å². The summed E-state index contributed by atoms with van der Waals surface area (Å²) in [7, 11) is 0. The highest BCUT2D eigenvalue weighted by molar-refractivity contribution is 5.91. The number of carbonyl (C=O) groups excluding carboxylic acids is 1. The molecule has 1 aromatic carbocycles. The fourth-order valence-electron chi connectivity index (χ4n) is 1.90. The summed E-state index contributed by atoms with van der Waals surface area (Å²) < 4.78 is 0. The molecule has 0 bridgehead atoms. The molecule has 3 heteroatoms. The summed E-state index contributed by atoms with van der Waals surface area (Å²) in [5, 5.41) is 3.29. The number of carbonyl (C=O) groups is 1. The van der Waals surface area contributed by atoms with Gasteiger partial charge in [-0.2, -0.15) is 0 Å². The smallest absolute Gasteiger partial charge is 0.246 e. The predicted octanol–water partition coefficient (Wildman–Crippen LogP) is 1.52. The van der Waals surface area contributed by atoms with E-state index in [2.05, 4.69) is 5.32 Å². The monoisotopic (exact) mass is 230 g/mol. The van der Waals surface area contributed by atoms with Crippen molar-refractivity contribution in [2.45, 2.75) is 6.42 Å². The number of amides is 1. The number of benzene rings is 1. The minimum atomic E-state index is 0.109. The van der Waals surface area contributed by atoms with Crippen molar-refractivity contribution in [3.05, 3.63) is 42.0 Å². The molecule has 0 unspecified atom stereocenters. The standard InChI is InChI=1S/C14H18N2O/c17-14(16-11-4-9-15-10-12-16)8-7-13-5-2-1-3-6-13/h1-3,5-8,15H,4,9-12H2/b8-7+. The van der Waals surface area contributed by atoms with Crippen LogP contribution in [0, 0.1) is 0 Å². The molecule has 1 aromatic rings. The first kappa shape index (κ1) is 11.9. The van der Waals surface area contributed by atoms with E-state index in [1.807, 2.05) is 41.3 Å². The Bertz CT molecular complexity index is 378. The number of nitrogens with zero attached hydrogens (tertiary/aromatic N) is 1. The summed E-state index contributed by atoms with van der Waals surface area (Å²) in [5.74, 6) is 0.109. The molecule has 0 radical (unpaired) electrons. The molecule has 0 atom stereocenters. The summed E-state index contributed by atoms with van der Waals surface area (Å²) >= 11 is 0. The van der Waals surface area contributed by atoms with E-state index >= 15 is 0 Å². The van der Waals surface area contributed by atoms with Crippen molar-refractivity contribution in [3.63, 3.8) is 0 Å². The van der Waals surface area contributed by atoms with Crippen LogP contribution in [0.3, 0.4) is 0 Å². The summed E-state index contributed by atoms with van der Waals surface area (Å²) in [6.45, 7) is 3.56. The van der Waals surface area contributed by atoms with E-state index in [1.54, 1.807) is 6.08 Å². The fourth-order valence-corrected chi connectivity index (χ4v) is 1.90. The van der Waals surface area contributed by atoms with Crippen molar-refractivity contribution in [2.75, 3.05) is 26.2 Å². The van der Waals surface area contributed by atoms with E-state index in [4.69, 9.17) is 0 Å². The van der Waals surface area contributed by atoms with Crippen molar-refractivity contribution < 1.29 is 4.79 Å². The Balaban J connectivity index is 1.94. The van der Waals surface area contributed by atoms with Gasteiger partial charge < -0.3 is 10.2 Å². The van der Waals surface area contributed by atoms with Gasteiger partial charge in [-0.3, -0.25) is 4.79 Å². The molecule has 1 aliphatic heterocycles. The van der Waals surface area contributed by atoms with Crippen LogP contribution in [0.15, 0.2) is 36.4 Å². The molecule has 1 heterocycles. The molecule has 1 saturated heterocycles. The highest BCUT2D eigenvalue weighted by atomic mass is 16.2. The predicted molar refractivity (Wildman–Crippen MR) is 69.5 cm³/mol. The molecule has 0 aliphatic carbocycles. The minimum absolute atomic E-state index is 0.109. The highest BCUT2D eigenvalue weighted by Crippen LogP contribution is 2.03. The molecule has 17 heavy (non-hydrogen) atoms. The molecule has 0 spiro atoms. The quantitative estimate of drug-likeness (QED) is 0.781. The van der Waals surface area contributed by atoms with Gasteiger partial charge in [0.05, 0.1) is 0 Å². The Kier molecular flexibility index (Phi) is 4.33. The van der Waals surface area contributed by atoms with E-state index in [9.17, 15) is 4.79 Å². The molecular formula is C14H18N2O. The lowest BCUT2D eigenvalue weighted by molar-refractivity contribution is -0.125. The van der Waals surface area contributed by atoms with Crippen LogP contribution in [0.1, 0.15) is 12.0 Å². The van der Waals surface area contributed by atoms with Gasteiger partial charge in [0.2, 0.25) is 5.91 Å². The van der Waals surface area contributed by atoms with E-state index in [0.29, 0.717) is 0 Å². The first-order valence-electron chi connectivity index (χ1n) is 6.09. The summed E-state index contributed by atoms with van der Waals surface area (Å²) in [6, 6.07) is 9.90. The maximum Gasteiger partial charge on any atom is 0.246 e. The van der Waals surface area contributed by atoms with Gasteiger partial charge in [0.15, 0.2) is 0 Å². The normalized spacial score (nSPS) is 17.1. The van der Waals surface area contributed by atoms with E-state index < -0.39 is 0 Å². The minimum Gasteiger partial charge on any atom is -0.338 e. The lowest BCUT2D eigenvalue weighted by Gasteiger charge is -2.17. The van der Waals surface area contributed by atoms with Gasteiger partial charge in [-0.05, 0) is 24.6 Å². The Morgan fingerprint density at radius 1 is 1.18 bits per heavy atom. The molecule has 1 N–H and O–H groups in total. The van der Waals surface area contributed by atoms with E-state index in [0.717, 1.165) is 38.2 Å². The molecular weight excluding hydrogens is 212 g/mol. The summed E-state index contributed by atoms with van der Waals surface area (Å²) in [4.78, 5) is 13.8. The van der Waals surface area contributed by atoms with E-state index in [-0.39, 0.29) is 5.91 Å². The number of nitrogens with one attached hydrogen (secondary N) is 1. The highest BCUT2D eigenvalue weighted by Gasteiger charge is 2.11. The molecule has 1 aliphatic rings. The third kappa shape index (κ3) is 3.71. The second kappa shape index (κ2) is 6.21. The molecule has 3 nitrogen and oxygen atoms in total. The second-order valence-corrected chi connectivity index (χ2v) is 4.17. The van der Waals surface area contributed by atoms with Gasteiger partial charge in [-0.1, -0.05) is 30.3 Å². The van der Waals surface area contributed by atoms with Crippen LogP contribution in [-0.2, 0) is 4.79 Å². The van der Waals surface area contributed by atoms with Crippen LogP contribution >= 0.6 is 0 Å². The average molecular weight is 230 g/mol. The van der Waals surface area contributed by atoms with Crippen molar-refractivity contribution in [3.8, 4) is 0 Å². The Labute approximate surface area is 102 Å². The zero-order chi connectivity index (χ0) is 11.9. The van der Waals surface area contributed by atoms with Crippen LogP contribution in [0.4, 0.5) is 0 Å². The van der Waals surface area contributed by atoms with Crippen LogP contribution < -0.4 is 5.32 Å².